The Kier molecular flexibility index (Phi) is 5.41. The van der Waals surface area contributed by atoms with Crippen LogP contribution in [0.15, 0.2) is 35.8 Å². The van der Waals surface area contributed by atoms with Gasteiger partial charge in [-0.1, -0.05) is 30.3 Å². The molecule has 1 aromatic carbocycles. The van der Waals surface area contributed by atoms with E-state index in [2.05, 4.69) is 39.5 Å². The van der Waals surface area contributed by atoms with Gasteiger partial charge in [-0.25, -0.2) is 4.98 Å². The highest BCUT2D eigenvalue weighted by Gasteiger charge is 2.30. The van der Waals surface area contributed by atoms with Crippen molar-refractivity contribution in [1.29, 1.82) is 0 Å². The summed E-state index contributed by atoms with van der Waals surface area (Å²) in [5.74, 6) is 0.167. The van der Waals surface area contributed by atoms with Crippen molar-refractivity contribution in [3.8, 4) is 0 Å². The zero-order chi connectivity index (χ0) is 16.1. The first kappa shape index (κ1) is 16.1. The van der Waals surface area contributed by atoms with Crippen LogP contribution in [0.3, 0.4) is 0 Å². The summed E-state index contributed by atoms with van der Waals surface area (Å²) in [5.41, 5.74) is 4.22. The van der Waals surface area contributed by atoms with E-state index in [1.54, 1.807) is 11.3 Å². The Balaban J connectivity index is 1.50. The molecule has 122 valence electrons. The van der Waals surface area contributed by atoms with E-state index in [1.165, 1.54) is 10.4 Å². The van der Waals surface area contributed by atoms with Crippen LogP contribution in [0, 0.1) is 6.92 Å². The van der Waals surface area contributed by atoms with Crippen LogP contribution in [0.1, 0.15) is 29.0 Å². The molecule has 1 N–H and O–H groups in total. The molecule has 2 aromatic rings. The van der Waals surface area contributed by atoms with E-state index in [1.807, 2.05) is 18.5 Å². The molecule has 0 spiro atoms. The van der Waals surface area contributed by atoms with Gasteiger partial charge in [0.25, 0.3) is 0 Å². The van der Waals surface area contributed by atoms with E-state index in [9.17, 15) is 4.79 Å². The number of carbonyl (C=O) groups excluding carboxylic acids is 1. The van der Waals surface area contributed by atoms with Crippen LogP contribution in [-0.4, -0.2) is 34.9 Å². The molecule has 1 amide bonds. The van der Waals surface area contributed by atoms with Gasteiger partial charge in [0.05, 0.1) is 17.2 Å². The molecule has 1 fully saturated rings. The number of rotatable bonds is 6. The monoisotopic (exact) mass is 329 g/mol. The molecule has 23 heavy (non-hydrogen) atoms. The number of nitrogens with one attached hydrogen (secondary N) is 1. The Morgan fingerprint density at radius 3 is 2.96 bits per heavy atom. The summed E-state index contributed by atoms with van der Waals surface area (Å²) in [4.78, 5) is 20.3. The predicted octanol–water partition coefficient (Wildman–Crippen LogP) is 2.77. The van der Waals surface area contributed by atoms with Gasteiger partial charge in [0.15, 0.2) is 0 Å². The molecule has 3 rings (SSSR count). The lowest BCUT2D eigenvalue weighted by Crippen LogP contribution is -2.43. The highest BCUT2D eigenvalue weighted by molar-refractivity contribution is 7.09. The second-order valence-electron chi connectivity index (χ2n) is 6.02. The average molecular weight is 329 g/mol. The van der Waals surface area contributed by atoms with Gasteiger partial charge in [0, 0.05) is 24.4 Å². The van der Waals surface area contributed by atoms with Gasteiger partial charge in [-0.05, 0) is 31.9 Å². The maximum absolute atomic E-state index is 12.5. The first-order chi connectivity index (χ1) is 11.2. The molecule has 5 heteroatoms. The van der Waals surface area contributed by atoms with Crippen molar-refractivity contribution in [1.82, 2.24) is 15.2 Å². The largest absolute Gasteiger partial charge is 0.354 e. The van der Waals surface area contributed by atoms with Crippen LogP contribution in [-0.2, 0) is 17.8 Å². The highest BCUT2D eigenvalue weighted by Crippen LogP contribution is 2.20. The summed E-state index contributed by atoms with van der Waals surface area (Å²) < 4.78 is 0. The molecule has 0 saturated carbocycles. The van der Waals surface area contributed by atoms with Gasteiger partial charge in [-0.3, -0.25) is 9.69 Å². The van der Waals surface area contributed by atoms with Crippen molar-refractivity contribution in [3.63, 3.8) is 0 Å². The topological polar surface area (TPSA) is 45.2 Å². The number of benzene rings is 1. The third-order valence-electron chi connectivity index (χ3n) is 4.39. The number of aryl methyl sites for hydroxylation is 1. The number of hydrogen-bond acceptors (Lipinski definition) is 4. The lowest BCUT2D eigenvalue weighted by atomic mass is 10.1. The molecule has 4 nitrogen and oxygen atoms in total. The molecule has 0 aliphatic carbocycles. The molecular weight excluding hydrogens is 306 g/mol. The Hall–Kier alpha value is -1.72. The number of carbonyl (C=O) groups is 1. The van der Waals surface area contributed by atoms with E-state index < -0.39 is 0 Å². The maximum atomic E-state index is 12.5. The second kappa shape index (κ2) is 7.70. The summed E-state index contributed by atoms with van der Waals surface area (Å²) in [6.45, 7) is 4.57. The minimum Gasteiger partial charge on any atom is -0.354 e. The molecule has 2 heterocycles. The average Bonchev–Trinajstić information content (AvgIpc) is 3.18. The zero-order valence-electron chi connectivity index (χ0n) is 13.5. The van der Waals surface area contributed by atoms with Gasteiger partial charge in [0.2, 0.25) is 5.91 Å². The number of aromatic nitrogens is 1. The van der Waals surface area contributed by atoms with E-state index in [-0.39, 0.29) is 11.9 Å². The van der Waals surface area contributed by atoms with Gasteiger partial charge in [0.1, 0.15) is 0 Å². The minimum absolute atomic E-state index is 0.0118. The molecule has 1 aliphatic heterocycles. The van der Waals surface area contributed by atoms with Crippen molar-refractivity contribution in [2.45, 2.75) is 38.8 Å². The van der Waals surface area contributed by atoms with Crippen LogP contribution < -0.4 is 5.32 Å². The SMILES string of the molecule is Cc1ncsc1CCNC(=O)[C@@H]1CCCN1Cc1ccccc1. The highest BCUT2D eigenvalue weighted by atomic mass is 32.1. The molecule has 1 aromatic heterocycles. The molecule has 0 unspecified atom stereocenters. The van der Waals surface area contributed by atoms with Crippen molar-refractivity contribution in [3.05, 3.63) is 52.0 Å². The van der Waals surface area contributed by atoms with E-state index in [4.69, 9.17) is 0 Å². The van der Waals surface area contributed by atoms with Crippen molar-refractivity contribution in [2.75, 3.05) is 13.1 Å². The number of thiazole rings is 1. The van der Waals surface area contributed by atoms with Gasteiger partial charge >= 0.3 is 0 Å². The molecule has 1 aliphatic rings. The van der Waals surface area contributed by atoms with Crippen LogP contribution in [0.25, 0.3) is 0 Å². The number of likely N-dealkylation sites (tertiary alicyclic amines) is 1. The number of nitrogens with zero attached hydrogens (tertiary/aromatic N) is 2. The Labute approximate surface area is 141 Å². The fraction of sp³-hybridized carbons (Fsp3) is 0.444. The fourth-order valence-corrected chi connectivity index (χ4v) is 3.89. The summed E-state index contributed by atoms with van der Waals surface area (Å²) in [5, 5.41) is 3.10. The molecular formula is C18H23N3OS. The molecule has 0 bridgehead atoms. The lowest BCUT2D eigenvalue weighted by molar-refractivity contribution is -0.125. The third kappa shape index (κ3) is 4.18. The van der Waals surface area contributed by atoms with E-state index in [0.29, 0.717) is 6.54 Å². The smallest absolute Gasteiger partial charge is 0.237 e. The predicted molar refractivity (Wildman–Crippen MR) is 93.4 cm³/mol. The van der Waals surface area contributed by atoms with Crippen LogP contribution >= 0.6 is 11.3 Å². The van der Waals surface area contributed by atoms with Gasteiger partial charge < -0.3 is 5.32 Å². The van der Waals surface area contributed by atoms with E-state index >= 15 is 0 Å². The lowest BCUT2D eigenvalue weighted by Gasteiger charge is -2.23. The quantitative estimate of drug-likeness (QED) is 0.886. The first-order valence-corrected chi connectivity index (χ1v) is 9.06. The minimum atomic E-state index is 0.0118. The summed E-state index contributed by atoms with van der Waals surface area (Å²) in [6, 6.07) is 10.4. The van der Waals surface area contributed by atoms with Crippen molar-refractivity contribution >= 4 is 17.2 Å². The maximum Gasteiger partial charge on any atom is 0.237 e. The van der Waals surface area contributed by atoms with Crippen molar-refractivity contribution < 1.29 is 4.79 Å². The van der Waals surface area contributed by atoms with E-state index in [0.717, 1.165) is 38.0 Å². The third-order valence-corrected chi connectivity index (χ3v) is 5.39. The molecule has 0 radical (unpaired) electrons. The Morgan fingerprint density at radius 1 is 1.39 bits per heavy atom. The summed E-state index contributed by atoms with van der Waals surface area (Å²) >= 11 is 1.66. The second-order valence-corrected chi connectivity index (χ2v) is 6.96. The number of hydrogen-bond donors (Lipinski definition) is 1. The standard InChI is InChI=1S/C18H23N3OS/c1-14-17(23-13-20-14)9-10-19-18(22)16-8-5-11-21(16)12-15-6-3-2-4-7-15/h2-4,6-7,13,16H,5,8-12H2,1H3,(H,19,22)/t16-/m0/s1. The van der Waals surface area contributed by atoms with Crippen molar-refractivity contribution in [2.24, 2.45) is 0 Å². The normalized spacial score (nSPS) is 18.2. The van der Waals surface area contributed by atoms with Crippen LogP contribution in [0.5, 0.6) is 0 Å². The van der Waals surface area contributed by atoms with Crippen LogP contribution in [0.2, 0.25) is 0 Å². The van der Waals surface area contributed by atoms with Gasteiger partial charge in [-0.15, -0.1) is 11.3 Å². The summed E-state index contributed by atoms with van der Waals surface area (Å²) in [6.07, 6.45) is 2.92. The molecule has 1 saturated heterocycles. The summed E-state index contributed by atoms with van der Waals surface area (Å²) in [7, 11) is 0. The first-order valence-electron chi connectivity index (χ1n) is 8.18. The van der Waals surface area contributed by atoms with Crippen LogP contribution in [0.4, 0.5) is 0 Å². The molecule has 1 atom stereocenters. The Bertz CT molecular complexity index is 641. The zero-order valence-corrected chi connectivity index (χ0v) is 14.3. The fourth-order valence-electron chi connectivity index (χ4n) is 3.11. The van der Waals surface area contributed by atoms with Gasteiger partial charge in [-0.2, -0.15) is 0 Å². The Morgan fingerprint density at radius 2 is 2.22 bits per heavy atom. The number of amides is 1.